The van der Waals surface area contributed by atoms with Gasteiger partial charge in [0.05, 0.1) is 88.7 Å². The Bertz CT molecular complexity index is 6230. The molecule has 0 aliphatic rings. The summed E-state index contributed by atoms with van der Waals surface area (Å²) in [4.78, 5) is 126. The van der Waals surface area contributed by atoms with Gasteiger partial charge in [0.1, 0.15) is 77.7 Å². The van der Waals surface area contributed by atoms with Crippen LogP contribution < -0.4 is 43.0 Å². The maximum atomic E-state index is 13.8. The number of nitrogens with zero attached hydrogens (tertiary/aromatic N) is 17. The number of aliphatic hydroxyl groups is 1. The summed E-state index contributed by atoms with van der Waals surface area (Å²) in [6, 6.07) is 16.1. The van der Waals surface area contributed by atoms with E-state index in [1.54, 1.807) is 88.7 Å². The van der Waals surface area contributed by atoms with E-state index >= 15 is 0 Å². The van der Waals surface area contributed by atoms with Crippen molar-refractivity contribution in [3.8, 4) is 11.5 Å². The van der Waals surface area contributed by atoms with Crippen molar-refractivity contribution in [3.05, 3.63) is 163 Å². The van der Waals surface area contributed by atoms with E-state index in [0.29, 0.717) is 148 Å². The van der Waals surface area contributed by atoms with Crippen molar-refractivity contribution in [2.45, 2.75) is 154 Å². The molecule has 0 bridgehead atoms. The molecule has 10 heterocycles. The highest BCUT2D eigenvalue weighted by Gasteiger charge is 2.28. The van der Waals surface area contributed by atoms with Crippen LogP contribution in [0, 0.1) is 27.7 Å². The molecule has 0 aliphatic heterocycles. The fourth-order valence-corrected chi connectivity index (χ4v) is 15.5. The molecule has 10 aromatic heterocycles. The first kappa shape index (κ1) is 95.7. The van der Waals surface area contributed by atoms with Gasteiger partial charge < -0.3 is 51.5 Å². The van der Waals surface area contributed by atoms with Crippen LogP contribution in [0.3, 0.4) is 0 Å². The Labute approximate surface area is 726 Å². The van der Waals surface area contributed by atoms with Crippen molar-refractivity contribution in [2.24, 2.45) is 22.9 Å². The number of ether oxygens (including phenoxy) is 2. The van der Waals surface area contributed by atoms with Gasteiger partial charge in [0.2, 0.25) is 32.8 Å². The molecule has 0 radical (unpaired) electrons. The first-order valence-corrected chi connectivity index (χ1v) is 45.7. The lowest BCUT2D eigenvalue weighted by Gasteiger charge is -2.13. The standard InChI is InChI=1S/C37H43N11O8S2.C36H41N11O6S.C6H15N.CH3ClO2S/c1-6-47-26(15-21(3)43-47)28(49)20-31-40-24-17-23(33(38)50)18-29(55-13-10-14-56-58(5,53)54)32(24)45(31)11-8-9-12-46-36-25(19-30(57-36)34(39)51)41-37(46)42-35(52)27-16-22(4)44-48(27)7-2;1-5-46-25(14-20(3)42-46)27(49)19-30-39-23-16-22(32(37)50)17-28(53-13-9-12-48)31(23)44(30)10-7-8-11-45-35-24(18-29(54-35)33(38)51)40-36(45)41-34(52)26-15-21(4)43-47(26)6-2;1-4-7(5-2)6-3;1-5(2,3)4/h8-9,15-19H,6-7,10-14,20H2,1-5H3,(H2,38,50)(H2,39,51)(H,41,42,52);7-8,14-18,48H,5-6,9-13,19H2,1-4H3,(H2,37,50)(H2,38,51)(H,40,41,52);4-6H2,1-3H3;1H3/b9-8+;8-7+;;. The number of nitrogens with one attached hydrogen (secondary N) is 2. The number of hydrogen-bond acceptors (Lipinski definition) is 27. The normalized spacial score (nSPS) is 11.7. The second-order valence-electron chi connectivity index (χ2n) is 28.1. The Morgan fingerprint density at radius 3 is 1.12 bits per heavy atom. The van der Waals surface area contributed by atoms with E-state index in [1.165, 1.54) is 37.8 Å². The predicted octanol–water partition coefficient (Wildman–Crippen LogP) is 8.30. The number of thiophene rings is 2. The van der Waals surface area contributed by atoms with Crippen molar-refractivity contribution < 1.29 is 74.0 Å². The van der Waals surface area contributed by atoms with Gasteiger partial charge in [-0.1, -0.05) is 45.1 Å². The van der Waals surface area contributed by atoms with Crippen LogP contribution in [-0.2, 0) is 88.6 Å². The van der Waals surface area contributed by atoms with Crippen LogP contribution in [-0.4, -0.2) is 210 Å². The molecule has 0 spiro atoms. The Balaban J connectivity index is 0.000000248. The van der Waals surface area contributed by atoms with Gasteiger partial charge >= 0.3 is 0 Å². The van der Waals surface area contributed by atoms with E-state index in [1.807, 2.05) is 70.4 Å². The second kappa shape index (κ2) is 42.8. The number of fused-ring (bicyclic) bond motifs is 4. The lowest BCUT2D eigenvalue weighted by molar-refractivity contribution is 0.0971. The second-order valence-corrected chi connectivity index (χ2v) is 34.8. The Kier molecular flexibility index (Phi) is 33.0. The lowest BCUT2D eigenvalue weighted by atomic mass is 10.1. The minimum absolute atomic E-state index is 0.0227. The number of imidazole rings is 4. The van der Waals surface area contributed by atoms with Crippen molar-refractivity contribution >= 4 is 154 Å². The highest BCUT2D eigenvalue weighted by Crippen LogP contribution is 2.35. The predicted molar refractivity (Wildman–Crippen MR) is 472 cm³/mol. The number of carbonyl (C=O) groups is 8. The number of primary amides is 4. The van der Waals surface area contributed by atoms with Crippen molar-refractivity contribution in [2.75, 3.05) is 69.2 Å². The first-order valence-electron chi connectivity index (χ1n) is 39.6. The Morgan fingerprint density at radius 1 is 0.468 bits per heavy atom. The van der Waals surface area contributed by atoms with Crippen LogP contribution in [0.15, 0.2) is 85.0 Å². The van der Waals surface area contributed by atoms with Gasteiger partial charge in [-0.15, -0.1) is 22.7 Å². The number of allylic oxidation sites excluding steroid dienone is 4. The zero-order chi connectivity index (χ0) is 90.8. The fraction of sp³-hybridized carbons (Fsp3) is 0.400. The summed E-state index contributed by atoms with van der Waals surface area (Å²) in [5.74, 6) is -1.97. The highest BCUT2D eigenvalue weighted by molar-refractivity contribution is 8.13. The van der Waals surface area contributed by atoms with E-state index in [4.69, 9.17) is 46.6 Å². The number of Topliss-reactive ketones (excluding diaryl/α,β-unsaturated/α-hetero) is 2. The quantitative estimate of drug-likeness (QED) is 0.00626. The summed E-state index contributed by atoms with van der Waals surface area (Å²) in [5.41, 5.74) is 29.9. The molecular formula is C80H102ClN23O16S4. The molecule has 0 saturated carbocycles. The molecule has 11 N–H and O–H groups in total. The van der Waals surface area contributed by atoms with Gasteiger partial charge in [0, 0.05) is 93.6 Å². The molecular weight excluding hydrogens is 1700 g/mol. The van der Waals surface area contributed by atoms with Gasteiger partial charge in [-0.25, -0.2) is 28.4 Å². The Morgan fingerprint density at radius 2 is 0.806 bits per heavy atom. The number of nitrogens with two attached hydrogens (primary N) is 4. The molecule has 664 valence electrons. The van der Waals surface area contributed by atoms with E-state index in [9.17, 15) is 60.3 Å². The number of amides is 6. The third kappa shape index (κ3) is 24.6. The molecule has 6 amide bonds. The minimum atomic E-state index is -3.66. The summed E-state index contributed by atoms with van der Waals surface area (Å²) in [7, 11) is -2.35. The molecule has 39 nitrogen and oxygen atoms in total. The molecule has 0 atom stereocenters. The smallest absolute Gasteiger partial charge is 0.276 e. The molecule has 0 unspecified atom stereocenters. The molecule has 0 fully saturated rings. The van der Waals surface area contributed by atoms with Gasteiger partial charge in [0.15, 0.2) is 11.6 Å². The third-order valence-corrected chi connectivity index (χ3v) is 21.7. The number of halogens is 1. The molecule has 124 heavy (non-hydrogen) atoms. The highest BCUT2D eigenvalue weighted by atomic mass is 35.7. The number of aryl methyl sites for hydroxylation is 8. The van der Waals surface area contributed by atoms with Gasteiger partial charge in [-0.3, -0.25) is 81.0 Å². The number of ketones is 2. The summed E-state index contributed by atoms with van der Waals surface area (Å²) in [6.45, 7) is 27.7. The van der Waals surface area contributed by atoms with Gasteiger partial charge in [0.25, 0.3) is 33.7 Å². The van der Waals surface area contributed by atoms with Gasteiger partial charge in [-0.2, -0.15) is 28.8 Å². The summed E-state index contributed by atoms with van der Waals surface area (Å²) < 4.78 is 72.3. The zero-order valence-electron chi connectivity index (χ0n) is 71.0. The average Bonchev–Trinajstić information content (AvgIpc) is 1.62. The number of aliphatic hydroxyl groups excluding tert-OH is 1. The zero-order valence-corrected chi connectivity index (χ0v) is 75.0. The topological polar surface area (TPSA) is 527 Å². The number of anilines is 2. The molecule has 12 rings (SSSR count). The third-order valence-electron chi connectivity index (χ3n) is 18.8. The van der Waals surface area contributed by atoms with Crippen LogP contribution >= 0.6 is 33.4 Å². The van der Waals surface area contributed by atoms with E-state index < -0.39 is 54.6 Å². The number of carbonyl (C=O) groups excluding carboxylic acids is 8. The summed E-state index contributed by atoms with van der Waals surface area (Å²) in [5, 5.41) is 32.7. The molecule has 12 aromatic rings. The molecule has 2 aromatic carbocycles. The molecule has 0 saturated heterocycles. The average molecular weight is 1810 g/mol. The lowest BCUT2D eigenvalue weighted by Crippen LogP contribution is -2.21. The maximum Gasteiger partial charge on any atom is 0.276 e. The van der Waals surface area contributed by atoms with Crippen molar-refractivity contribution in [1.29, 1.82) is 0 Å². The monoisotopic (exact) mass is 1800 g/mol. The van der Waals surface area contributed by atoms with Crippen LogP contribution in [0.25, 0.3) is 42.8 Å². The van der Waals surface area contributed by atoms with E-state index in [2.05, 4.69) is 77.3 Å². The minimum Gasteiger partial charge on any atom is -0.491 e. The van der Waals surface area contributed by atoms with Crippen LogP contribution in [0.4, 0.5) is 11.9 Å². The maximum absolute atomic E-state index is 13.8. The van der Waals surface area contributed by atoms with Crippen LogP contribution in [0.2, 0.25) is 0 Å². The van der Waals surface area contributed by atoms with Crippen molar-refractivity contribution in [1.82, 2.24) is 82.2 Å². The van der Waals surface area contributed by atoms with E-state index in [0.717, 1.165) is 35.2 Å². The number of rotatable bonds is 39. The van der Waals surface area contributed by atoms with Crippen LogP contribution in [0.1, 0.15) is 178 Å². The Hall–Kier alpha value is -12.1. The number of hydrogen-bond donors (Lipinski definition) is 7. The summed E-state index contributed by atoms with van der Waals surface area (Å²) >= 11 is 2.30. The van der Waals surface area contributed by atoms with E-state index in [-0.39, 0.29) is 112 Å². The number of benzene rings is 2. The van der Waals surface area contributed by atoms with Crippen molar-refractivity contribution in [3.63, 3.8) is 0 Å². The van der Waals surface area contributed by atoms with Crippen LogP contribution in [0.5, 0.6) is 11.5 Å². The first-order chi connectivity index (χ1) is 58.8. The summed E-state index contributed by atoms with van der Waals surface area (Å²) in [6.07, 6.45) is 9.61. The molecule has 44 heteroatoms. The number of aromatic nitrogens is 16. The molecule has 0 aliphatic carbocycles. The van der Waals surface area contributed by atoms with Gasteiger partial charge in [-0.05, 0) is 136 Å². The fourth-order valence-electron chi connectivity index (χ4n) is 13.2. The largest absolute Gasteiger partial charge is 0.491 e. The SMILES string of the molecule is CCN(CC)CC.CCn1nc(C)cc1C(=O)Cc1nc2cc(C(N)=O)cc(OCCCO)c2n1C/C=C/Cn1c(NC(=O)c2cc(C)nn2CC)nc2cc(C(N)=O)sc21.CCn1nc(C)cc1C(=O)Cc1nc2cc(C(N)=O)cc(OCCCOS(C)(=O)=O)c2n1C/C=C/Cn1c(NC(=O)c2cc(C)nn2CC)nc2cc(C(N)=O)sc21.CS(=O)(=O)Cl.